The molecule has 0 aromatic carbocycles. The lowest BCUT2D eigenvalue weighted by molar-refractivity contribution is -0.131. The molecular weight excluding hydrogens is 334 g/mol. The van der Waals surface area contributed by atoms with Crippen LogP contribution in [0.1, 0.15) is 13.8 Å². The first-order valence-electron chi connectivity index (χ1n) is 6.57. The van der Waals surface area contributed by atoms with E-state index in [1.165, 1.54) is 12.1 Å². The SMILES string of the molecule is CC1CN(C(=O)CNS(=O)(=O)c2ccc(Cl)s2)CC(C)N1. The second-order valence-electron chi connectivity index (χ2n) is 5.15. The molecule has 2 heterocycles. The molecule has 2 N–H and O–H groups in total. The zero-order valence-corrected chi connectivity index (χ0v) is 14.2. The molecule has 1 amide bonds. The molecule has 0 spiro atoms. The normalized spacial score (nSPS) is 23.3. The molecule has 0 radical (unpaired) electrons. The average molecular weight is 352 g/mol. The van der Waals surface area contributed by atoms with Crippen LogP contribution in [0.3, 0.4) is 0 Å². The van der Waals surface area contributed by atoms with Crippen molar-refractivity contribution in [3.05, 3.63) is 16.5 Å². The lowest BCUT2D eigenvalue weighted by atomic mass is 10.1. The highest BCUT2D eigenvalue weighted by Gasteiger charge is 2.26. The highest BCUT2D eigenvalue weighted by Crippen LogP contribution is 2.25. The van der Waals surface area contributed by atoms with Gasteiger partial charge in [0.05, 0.1) is 10.9 Å². The molecule has 1 aromatic heterocycles. The number of rotatable bonds is 4. The van der Waals surface area contributed by atoms with E-state index in [4.69, 9.17) is 11.6 Å². The van der Waals surface area contributed by atoms with E-state index < -0.39 is 10.0 Å². The van der Waals surface area contributed by atoms with Crippen LogP contribution in [0.4, 0.5) is 0 Å². The minimum Gasteiger partial charge on any atom is -0.338 e. The molecular formula is C12H18ClN3O3S2. The van der Waals surface area contributed by atoms with E-state index in [1.54, 1.807) is 4.90 Å². The molecule has 1 fully saturated rings. The molecule has 9 heteroatoms. The van der Waals surface area contributed by atoms with Gasteiger partial charge in [-0.2, -0.15) is 0 Å². The van der Waals surface area contributed by atoms with Gasteiger partial charge < -0.3 is 10.2 Å². The van der Waals surface area contributed by atoms with E-state index in [-0.39, 0.29) is 28.7 Å². The molecule has 1 aromatic rings. The fourth-order valence-corrected chi connectivity index (χ4v) is 4.81. The fraction of sp³-hybridized carbons (Fsp3) is 0.583. The number of thiophene rings is 1. The molecule has 21 heavy (non-hydrogen) atoms. The quantitative estimate of drug-likeness (QED) is 0.844. The van der Waals surface area contributed by atoms with Crippen LogP contribution in [0.15, 0.2) is 16.3 Å². The van der Waals surface area contributed by atoms with Crippen LogP contribution in [-0.2, 0) is 14.8 Å². The maximum atomic E-state index is 12.1. The summed E-state index contributed by atoms with van der Waals surface area (Å²) < 4.78 is 26.9. The molecule has 6 nitrogen and oxygen atoms in total. The lowest BCUT2D eigenvalue weighted by Gasteiger charge is -2.36. The second kappa shape index (κ2) is 6.62. The number of amides is 1. The Morgan fingerprint density at radius 3 is 2.57 bits per heavy atom. The van der Waals surface area contributed by atoms with Gasteiger partial charge in [0.2, 0.25) is 5.91 Å². The summed E-state index contributed by atoms with van der Waals surface area (Å²) in [5.41, 5.74) is 0. The predicted molar refractivity (Wildman–Crippen MR) is 83.2 cm³/mol. The number of nitrogens with zero attached hydrogens (tertiary/aromatic N) is 1. The minimum absolute atomic E-state index is 0.113. The number of hydrogen-bond acceptors (Lipinski definition) is 5. The number of halogens is 1. The number of sulfonamides is 1. The van der Waals surface area contributed by atoms with Crippen LogP contribution >= 0.6 is 22.9 Å². The van der Waals surface area contributed by atoms with Crippen molar-refractivity contribution in [2.45, 2.75) is 30.1 Å². The Morgan fingerprint density at radius 1 is 1.43 bits per heavy atom. The molecule has 118 valence electrons. The Labute approximate surface area is 133 Å². The van der Waals surface area contributed by atoms with Crippen molar-refractivity contribution in [2.24, 2.45) is 0 Å². The molecule has 0 saturated carbocycles. The van der Waals surface area contributed by atoms with Gasteiger partial charge in [-0.25, -0.2) is 13.1 Å². The molecule has 0 bridgehead atoms. The Morgan fingerprint density at radius 2 is 2.05 bits per heavy atom. The Balaban J connectivity index is 1.94. The van der Waals surface area contributed by atoms with Gasteiger partial charge in [-0.3, -0.25) is 4.79 Å². The van der Waals surface area contributed by atoms with E-state index in [0.29, 0.717) is 17.4 Å². The Kier molecular flexibility index (Phi) is 5.26. The number of carbonyl (C=O) groups is 1. The van der Waals surface area contributed by atoms with Crippen molar-refractivity contribution in [1.29, 1.82) is 0 Å². The first kappa shape index (κ1) is 16.7. The summed E-state index contributed by atoms with van der Waals surface area (Å²) in [6, 6.07) is 3.34. The van der Waals surface area contributed by atoms with Crippen LogP contribution in [-0.4, -0.2) is 50.9 Å². The third-order valence-electron chi connectivity index (χ3n) is 3.14. The van der Waals surface area contributed by atoms with Crippen LogP contribution < -0.4 is 10.0 Å². The number of hydrogen-bond donors (Lipinski definition) is 2. The van der Waals surface area contributed by atoms with Crippen molar-refractivity contribution in [2.75, 3.05) is 19.6 Å². The molecule has 2 unspecified atom stereocenters. The zero-order valence-electron chi connectivity index (χ0n) is 11.8. The van der Waals surface area contributed by atoms with Gasteiger partial charge in [-0.15, -0.1) is 11.3 Å². The Bertz CT molecular complexity index is 607. The third-order valence-corrected chi connectivity index (χ3v) is 6.26. The highest BCUT2D eigenvalue weighted by atomic mass is 35.5. The topological polar surface area (TPSA) is 78.5 Å². The summed E-state index contributed by atoms with van der Waals surface area (Å²) in [7, 11) is -3.68. The lowest BCUT2D eigenvalue weighted by Crippen LogP contribution is -2.57. The summed E-state index contributed by atoms with van der Waals surface area (Å²) >= 11 is 6.69. The molecule has 2 rings (SSSR count). The smallest absolute Gasteiger partial charge is 0.250 e. The fourth-order valence-electron chi connectivity index (χ4n) is 2.31. The summed E-state index contributed by atoms with van der Waals surface area (Å²) in [6.45, 7) is 4.91. The van der Waals surface area contributed by atoms with Crippen LogP contribution in [0.25, 0.3) is 0 Å². The highest BCUT2D eigenvalue weighted by molar-refractivity contribution is 7.91. The molecule has 1 aliphatic rings. The van der Waals surface area contributed by atoms with E-state index in [1.807, 2.05) is 13.8 Å². The van der Waals surface area contributed by atoms with Crippen LogP contribution in [0.5, 0.6) is 0 Å². The first-order valence-corrected chi connectivity index (χ1v) is 9.24. The number of nitrogens with one attached hydrogen (secondary N) is 2. The summed E-state index contributed by atoms with van der Waals surface area (Å²) in [5.74, 6) is -0.221. The van der Waals surface area contributed by atoms with E-state index >= 15 is 0 Å². The van der Waals surface area contributed by atoms with Crippen LogP contribution in [0.2, 0.25) is 4.34 Å². The van der Waals surface area contributed by atoms with Crippen LogP contribution in [0, 0.1) is 0 Å². The summed E-state index contributed by atoms with van der Waals surface area (Å²) in [6.07, 6.45) is 0. The van der Waals surface area contributed by atoms with Gasteiger partial charge in [0, 0.05) is 25.2 Å². The largest absolute Gasteiger partial charge is 0.338 e. The predicted octanol–water partition coefficient (Wildman–Crippen LogP) is 0.889. The van der Waals surface area contributed by atoms with Crippen molar-refractivity contribution >= 4 is 38.9 Å². The average Bonchev–Trinajstić information content (AvgIpc) is 2.82. The first-order chi connectivity index (χ1) is 9.78. The van der Waals surface area contributed by atoms with Gasteiger partial charge in [0.1, 0.15) is 4.21 Å². The monoisotopic (exact) mass is 351 g/mol. The standard InChI is InChI=1S/C12H18ClN3O3S2/c1-8-6-16(7-9(2)15-8)11(17)5-14-21(18,19)12-4-3-10(13)20-12/h3-4,8-9,14-15H,5-7H2,1-2H3. The molecule has 1 saturated heterocycles. The third kappa shape index (κ3) is 4.40. The molecule has 2 atom stereocenters. The van der Waals surface area contributed by atoms with Gasteiger partial charge in [-0.05, 0) is 26.0 Å². The van der Waals surface area contributed by atoms with Crippen molar-refractivity contribution < 1.29 is 13.2 Å². The number of piperazine rings is 1. The van der Waals surface area contributed by atoms with E-state index in [0.717, 1.165) is 11.3 Å². The summed E-state index contributed by atoms with van der Waals surface area (Å²) in [4.78, 5) is 13.8. The zero-order chi connectivity index (χ0) is 15.6. The molecule has 1 aliphatic heterocycles. The van der Waals surface area contributed by atoms with Gasteiger partial charge >= 0.3 is 0 Å². The summed E-state index contributed by atoms with van der Waals surface area (Å²) in [5, 5.41) is 3.32. The number of carbonyl (C=O) groups excluding carboxylic acids is 1. The van der Waals surface area contributed by atoms with Crippen molar-refractivity contribution in [3.63, 3.8) is 0 Å². The van der Waals surface area contributed by atoms with E-state index in [2.05, 4.69) is 10.0 Å². The van der Waals surface area contributed by atoms with E-state index in [9.17, 15) is 13.2 Å². The Hall–Kier alpha value is -0.670. The maximum absolute atomic E-state index is 12.1. The van der Waals surface area contributed by atoms with Gasteiger partial charge in [0.25, 0.3) is 10.0 Å². The maximum Gasteiger partial charge on any atom is 0.250 e. The van der Waals surface area contributed by atoms with Gasteiger partial charge in [0.15, 0.2) is 0 Å². The molecule has 0 aliphatic carbocycles. The minimum atomic E-state index is -3.68. The van der Waals surface area contributed by atoms with Gasteiger partial charge in [-0.1, -0.05) is 11.6 Å². The van der Waals surface area contributed by atoms with Crippen molar-refractivity contribution in [3.8, 4) is 0 Å². The van der Waals surface area contributed by atoms with Crippen molar-refractivity contribution in [1.82, 2.24) is 14.9 Å². The second-order valence-corrected chi connectivity index (χ2v) is 8.86.